The Morgan fingerprint density at radius 2 is 2.10 bits per heavy atom. The molecule has 2 unspecified atom stereocenters. The summed E-state index contributed by atoms with van der Waals surface area (Å²) in [6.07, 6.45) is 6.52. The van der Waals surface area contributed by atoms with Gasteiger partial charge in [0.1, 0.15) is 0 Å². The van der Waals surface area contributed by atoms with E-state index < -0.39 is 5.91 Å². The van der Waals surface area contributed by atoms with E-state index in [9.17, 15) is 4.79 Å². The van der Waals surface area contributed by atoms with Crippen LogP contribution in [0.15, 0.2) is 18.2 Å². The van der Waals surface area contributed by atoms with Crippen molar-refractivity contribution in [2.45, 2.75) is 51.6 Å². The molecule has 3 N–H and O–H groups in total. The van der Waals surface area contributed by atoms with Crippen LogP contribution in [-0.2, 0) is 6.54 Å². The van der Waals surface area contributed by atoms with Crippen LogP contribution in [0.4, 0.5) is 0 Å². The zero-order chi connectivity index (χ0) is 14.5. The lowest BCUT2D eigenvalue weighted by Gasteiger charge is -2.23. The first-order chi connectivity index (χ1) is 9.58. The molecule has 0 radical (unpaired) electrons. The standard InChI is InChI=1S/C16H23ClN2O/c1-11-5-3-2-4-6-15(11)19-10-13-8-7-12(16(18)20)9-14(13)17/h7-9,11,15,19H,2-6,10H2,1H3,(H2,18,20). The van der Waals surface area contributed by atoms with E-state index in [1.807, 2.05) is 6.07 Å². The molecule has 1 fully saturated rings. The van der Waals surface area contributed by atoms with Crippen molar-refractivity contribution in [3.8, 4) is 0 Å². The minimum atomic E-state index is -0.441. The Morgan fingerprint density at radius 3 is 2.80 bits per heavy atom. The van der Waals surface area contributed by atoms with Gasteiger partial charge in [0.2, 0.25) is 5.91 Å². The summed E-state index contributed by atoms with van der Waals surface area (Å²) < 4.78 is 0. The van der Waals surface area contributed by atoms with Crippen molar-refractivity contribution in [2.75, 3.05) is 0 Å². The van der Waals surface area contributed by atoms with Gasteiger partial charge in [-0.3, -0.25) is 4.79 Å². The van der Waals surface area contributed by atoms with Crippen LogP contribution in [0.1, 0.15) is 54.9 Å². The summed E-state index contributed by atoms with van der Waals surface area (Å²) in [6.45, 7) is 3.06. The topological polar surface area (TPSA) is 55.1 Å². The third-order valence-electron chi connectivity index (χ3n) is 4.25. The van der Waals surface area contributed by atoms with Crippen molar-refractivity contribution in [1.29, 1.82) is 0 Å². The first-order valence-corrected chi connectivity index (χ1v) is 7.77. The number of rotatable bonds is 4. The second-order valence-corrected chi connectivity index (χ2v) is 6.18. The maximum absolute atomic E-state index is 11.1. The third kappa shape index (κ3) is 3.97. The number of hydrogen-bond acceptors (Lipinski definition) is 2. The van der Waals surface area contributed by atoms with Gasteiger partial charge in [0.15, 0.2) is 0 Å². The molecular formula is C16H23ClN2O. The quantitative estimate of drug-likeness (QED) is 0.835. The molecule has 1 aliphatic rings. The lowest BCUT2D eigenvalue weighted by Crippen LogP contribution is -2.33. The molecule has 1 amide bonds. The van der Waals surface area contributed by atoms with Gasteiger partial charge in [-0.15, -0.1) is 0 Å². The molecule has 4 heteroatoms. The highest BCUT2D eigenvalue weighted by molar-refractivity contribution is 6.31. The Labute approximate surface area is 125 Å². The largest absolute Gasteiger partial charge is 0.366 e. The highest BCUT2D eigenvalue weighted by atomic mass is 35.5. The van der Waals surface area contributed by atoms with Gasteiger partial charge in [0.05, 0.1) is 0 Å². The predicted octanol–water partition coefficient (Wildman–Crippen LogP) is 3.50. The summed E-state index contributed by atoms with van der Waals surface area (Å²) >= 11 is 6.21. The fraction of sp³-hybridized carbons (Fsp3) is 0.562. The first kappa shape index (κ1) is 15.3. The van der Waals surface area contributed by atoms with E-state index in [4.69, 9.17) is 17.3 Å². The third-order valence-corrected chi connectivity index (χ3v) is 4.61. The van der Waals surface area contributed by atoms with Crippen LogP contribution in [0.3, 0.4) is 0 Å². The van der Waals surface area contributed by atoms with Gasteiger partial charge in [-0.05, 0) is 36.5 Å². The first-order valence-electron chi connectivity index (χ1n) is 7.39. The number of amides is 1. The molecule has 1 aromatic carbocycles. The van der Waals surface area contributed by atoms with E-state index in [0.29, 0.717) is 22.5 Å². The Morgan fingerprint density at radius 1 is 1.35 bits per heavy atom. The van der Waals surface area contributed by atoms with Gasteiger partial charge >= 0.3 is 0 Å². The molecule has 2 rings (SSSR count). The number of carbonyl (C=O) groups excluding carboxylic acids is 1. The van der Waals surface area contributed by atoms with Crippen LogP contribution in [0, 0.1) is 5.92 Å². The molecule has 3 nitrogen and oxygen atoms in total. The maximum Gasteiger partial charge on any atom is 0.248 e. The molecule has 0 aliphatic heterocycles. The van der Waals surface area contributed by atoms with Crippen molar-refractivity contribution < 1.29 is 4.79 Å². The van der Waals surface area contributed by atoms with E-state index in [2.05, 4.69) is 12.2 Å². The minimum Gasteiger partial charge on any atom is -0.366 e. The van der Waals surface area contributed by atoms with Gasteiger partial charge in [-0.25, -0.2) is 0 Å². The number of carbonyl (C=O) groups is 1. The zero-order valence-electron chi connectivity index (χ0n) is 12.0. The molecule has 0 saturated heterocycles. The maximum atomic E-state index is 11.1. The van der Waals surface area contributed by atoms with Gasteiger partial charge in [-0.1, -0.05) is 43.9 Å². The molecule has 0 spiro atoms. The SMILES string of the molecule is CC1CCCCCC1NCc1ccc(C(N)=O)cc1Cl. The molecule has 20 heavy (non-hydrogen) atoms. The fourth-order valence-electron chi connectivity index (χ4n) is 2.88. The van der Waals surface area contributed by atoms with E-state index in [1.54, 1.807) is 12.1 Å². The van der Waals surface area contributed by atoms with Crippen LogP contribution >= 0.6 is 11.6 Å². The number of benzene rings is 1. The molecular weight excluding hydrogens is 272 g/mol. The molecule has 0 bridgehead atoms. The number of primary amides is 1. The number of nitrogens with two attached hydrogens (primary N) is 1. The Balaban J connectivity index is 1.97. The second kappa shape index (κ2) is 7.09. The minimum absolute atomic E-state index is 0.441. The molecule has 1 aliphatic carbocycles. The van der Waals surface area contributed by atoms with Crippen molar-refractivity contribution in [3.05, 3.63) is 34.3 Å². The Bertz CT molecular complexity index is 476. The predicted molar refractivity (Wildman–Crippen MR) is 82.8 cm³/mol. The van der Waals surface area contributed by atoms with E-state index in [0.717, 1.165) is 12.1 Å². The summed E-state index contributed by atoms with van der Waals surface area (Å²) in [5, 5.41) is 4.22. The highest BCUT2D eigenvalue weighted by Crippen LogP contribution is 2.24. The highest BCUT2D eigenvalue weighted by Gasteiger charge is 2.19. The molecule has 110 valence electrons. The average molecular weight is 295 g/mol. The van der Waals surface area contributed by atoms with Crippen LogP contribution in [0.2, 0.25) is 5.02 Å². The van der Waals surface area contributed by atoms with Gasteiger partial charge < -0.3 is 11.1 Å². The van der Waals surface area contributed by atoms with Crippen LogP contribution < -0.4 is 11.1 Å². The second-order valence-electron chi connectivity index (χ2n) is 5.77. The van der Waals surface area contributed by atoms with Gasteiger partial charge in [0, 0.05) is 23.2 Å². The van der Waals surface area contributed by atoms with Crippen molar-refractivity contribution in [1.82, 2.24) is 5.32 Å². The Kier molecular flexibility index (Phi) is 5.44. The van der Waals surface area contributed by atoms with E-state index in [-0.39, 0.29) is 0 Å². The normalized spacial score (nSPS) is 23.3. The van der Waals surface area contributed by atoms with Gasteiger partial charge in [-0.2, -0.15) is 0 Å². The van der Waals surface area contributed by atoms with Crippen LogP contribution in [0.5, 0.6) is 0 Å². The zero-order valence-corrected chi connectivity index (χ0v) is 12.7. The molecule has 1 aromatic rings. The smallest absolute Gasteiger partial charge is 0.248 e. The van der Waals surface area contributed by atoms with E-state index in [1.165, 1.54) is 32.1 Å². The number of nitrogens with one attached hydrogen (secondary N) is 1. The average Bonchev–Trinajstić information content (AvgIpc) is 2.62. The molecule has 2 atom stereocenters. The molecule has 0 aromatic heterocycles. The summed E-state index contributed by atoms with van der Waals surface area (Å²) in [6, 6.07) is 5.83. The summed E-state index contributed by atoms with van der Waals surface area (Å²) in [5.41, 5.74) is 6.73. The van der Waals surface area contributed by atoms with Gasteiger partial charge in [0.25, 0.3) is 0 Å². The Hall–Kier alpha value is -1.06. The monoisotopic (exact) mass is 294 g/mol. The summed E-state index contributed by atoms with van der Waals surface area (Å²) in [7, 11) is 0. The number of halogens is 1. The lowest BCUT2D eigenvalue weighted by molar-refractivity contribution is 0.100. The molecule has 0 heterocycles. The van der Waals surface area contributed by atoms with E-state index >= 15 is 0 Å². The lowest BCUT2D eigenvalue weighted by atomic mass is 9.96. The number of hydrogen-bond donors (Lipinski definition) is 2. The summed E-state index contributed by atoms with van der Waals surface area (Å²) in [4.78, 5) is 11.1. The van der Waals surface area contributed by atoms with Crippen molar-refractivity contribution >= 4 is 17.5 Å². The fourth-order valence-corrected chi connectivity index (χ4v) is 3.13. The van der Waals surface area contributed by atoms with Crippen molar-refractivity contribution in [3.63, 3.8) is 0 Å². The van der Waals surface area contributed by atoms with Crippen LogP contribution in [0.25, 0.3) is 0 Å². The van der Waals surface area contributed by atoms with Crippen molar-refractivity contribution in [2.24, 2.45) is 11.7 Å². The van der Waals surface area contributed by atoms with Crippen LogP contribution in [-0.4, -0.2) is 11.9 Å². The summed E-state index contributed by atoms with van der Waals surface area (Å²) in [5.74, 6) is 0.268. The molecule has 1 saturated carbocycles.